The van der Waals surface area contributed by atoms with E-state index in [-0.39, 0.29) is 11.9 Å². The van der Waals surface area contributed by atoms with Gasteiger partial charge in [0.05, 0.1) is 18.0 Å². The van der Waals surface area contributed by atoms with Gasteiger partial charge in [-0.15, -0.1) is 22.7 Å². The van der Waals surface area contributed by atoms with E-state index < -0.39 is 0 Å². The zero-order valence-electron chi connectivity index (χ0n) is 18.5. The third-order valence-corrected chi connectivity index (χ3v) is 8.02. The maximum atomic E-state index is 12.9. The summed E-state index contributed by atoms with van der Waals surface area (Å²) in [5.41, 5.74) is 3.56. The van der Waals surface area contributed by atoms with Crippen molar-refractivity contribution in [2.24, 2.45) is 0 Å². The van der Waals surface area contributed by atoms with E-state index in [1.807, 2.05) is 29.6 Å². The summed E-state index contributed by atoms with van der Waals surface area (Å²) in [6, 6.07) is 12.1. The van der Waals surface area contributed by atoms with Crippen LogP contribution >= 0.6 is 22.7 Å². The number of ether oxygens (including phenoxy) is 1. The van der Waals surface area contributed by atoms with Crippen molar-refractivity contribution in [2.45, 2.75) is 19.9 Å². The lowest BCUT2D eigenvalue weighted by atomic mass is 9.93. The quantitative estimate of drug-likeness (QED) is 0.567. The molecule has 0 unspecified atom stereocenters. The smallest absolute Gasteiger partial charge is 0.266 e. The van der Waals surface area contributed by atoms with E-state index in [4.69, 9.17) is 4.74 Å². The van der Waals surface area contributed by atoms with Gasteiger partial charge >= 0.3 is 0 Å². The Labute approximate surface area is 192 Å². The highest BCUT2D eigenvalue weighted by Gasteiger charge is 2.32. The van der Waals surface area contributed by atoms with Gasteiger partial charge in [0.25, 0.3) is 5.91 Å². The molecule has 1 atom stereocenters. The number of piperazine rings is 1. The van der Waals surface area contributed by atoms with Gasteiger partial charge in [-0.3, -0.25) is 9.69 Å². The minimum absolute atomic E-state index is 0.0217. The van der Waals surface area contributed by atoms with Crippen LogP contribution in [0, 0.1) is 13.8 Å². The summed E-state index contributed by atoms with van der Waals surface area (Å²) in [5, 5.41) is 6.09. The molecule has 1 N–H and O–H groups in total. The molecule has 0 bridgehead atoms. The summed E-state index contributed by atoms with van der Waals surface area (Å²) < 4.78 is 5.77. The van der Waals surface area contributed by atoms with Crippen LogP contribution in [-0.2, 0) is 0 Å². The minimum atomic E-state index is -0.0466. The van der Waals surface area contributed by atoms with Gasteiger partial charge in [-0.25, -0.2) is 0 Å². The maximum absolute atomic E-state index is 12.9. The molecule has 4 rings (SSSR count). The fraction of sp³-hybridized carbons (Fsp3) is 0.375. The molecule has 7 heteroatoms. The SMILES string of the molecule is COc1ccccc1[C@@H](c1c(NC(=O)c2cccs2)sc(C)c1C)N1CCN(C)CC1. The molecule has 0 saturated carbocycles. The third kappa shape index (κ3) is 4.55. The lowest BCUT2D eigenvalue weighted by Gasteiger charge is -2.39. The molecule has 164 valence electrons. The normalized spacial score (nSPS) is 16.3. The first-order chi connectivity index (χ1) is 15.0. The average molecular weight is 456 g/mol. The fourth-order valence-electron chi connectivity index (χ4n) is 4.15. The second kappa shape index (κ2) is 9.53. The maximum Gasteiger partial charge on any atom is 0.266 e. The Morgan fingerprint density at radius 3 is 2.52 bits per heavy atom. The first kappa shape index (κ1) is 22.0. The second-order valence-corrected chi connectivity index (χ2v) is 10.1. The number of aryl methyl sites for hydroxylation is 1. The largest absolute Gasteiger partial charge is 0.496 e. The van der Waals surface area contributed by atoms with Crippen molar-refractivity contribution in [3.8, 4) is 5.75 Å². The topological polar surface area (TPSA) is 44.8 Å². The number of hydrogen-bond donors (Lipinski definition) is 1. The number of thiophene rings is 2. The Morgan fingerprint density at radius 2 is 1.84 bits per heavy atom. The lowest BCUT2D eigenvalue weighted by Crippen LogP contribution is -2.46. The lowest BCUT2D eigenvalue weighted by molar-refractivity contribution is 0.103. The zero-order valence-corrected chi connectivity index (χ0v) is 20.1. The predicted molar refractivity (Wildman–Crippen MR) is 130 cm³/mol. The summed E-state index contributed by atoms with van der Waals surface area (Å²) in [6.45, 7) is 8.27. The van der Waals surface area contributed by atoms with Gasteiger partial charge in [0.1, 0.15) is 10.8 Å². The Balaban J connectivity index is 1.80. The number of nitrogens with zero attached hydrogens (tertiary/aromatic N) is 2. The Kier molecular flexibility index (Phi) is 6.77. The highest BCUT2D eigenvalue weighted by molar-refractivity contribution is 7.17. The Hall–Kier alpha value is -2.19. The second-order valence-electron chi connectivity index (χ2n) is 7.94. The van der Waals surface area contributed by atoms with Gasteiger partial charge in [0, 0.05) is 42.2 Å². The average Bonchev–Trinajstić information content (AvgIpc) is 3.40. The molecule has 31 heavy (non-hydrogen) atoms. The number of anilines is 1. The zero-order chi connectivity index (χ0) is 22.0. The van der Waals surface area contributed by atoms with Gasteiger partial charge in [-0.1, -0.05) is 24.3 Å². The fourth-order valence-corrected chi connectivity index (χ4v) is 5.85. The summed E-state index contributed by atoms with van der Waals surface area (Å²) in [5.74, 6) is 0.833. The molecule has 1 aliphatic rings. The molecule has 5 nitrogen and oxygen atoms in total. The van der Waals surface area contributed by atoms with Crippen LogP contribution < -0.4 is 10.1 Å². The molecular formula is C24H29N3O2S2. The van der Waals surface area contributed by atoms with Crippen LogP contribution in [0.3, 0.4) is 0 Å². The molecule has 3 aromatic rings. The van der Waals surface area contributed by atoms with Crippen molar-refractivity contribution in [3.63, 3.8) is 0 Å². The minimum Gasteiger partial charge on any atom is -0.496 e. The number of para-hydroxylation sites is 1. The van der Waals surface area contributed by atoms with E-state index in [2.05, 4.69) is 48.1 Å². The van der Waals surface area contributed by atoms with Crippen molar-refractivity contribution in [3.05, 3.63) is 68.2 Å². The predicted octanol–water partition coefficient (Wildman–Crippen LogP) is 5.02. The number of likely N-dealkylation sites (N-methyl/N-ethyl adjacent to an activating group) is 1. The van der Waals surface area contributed by atoms with E-state index >= 15 is 0 Å². The van der Waals surface area contributed by atoms with Crippen LogP contribution in [0.4, 0.5) is 5.00 Å². The molecule has 1 saturated heterocycles. The van der Waals surface area contributed by atoms with E-state index in [1.165, 1.54) is 27.3 Å². The number of rotatable bonds is 6. The third-order valence-electron chi connectivity index (χ3n) is 6.01. The number of carbonyl (C=O) groups excluding carboxylic acids is 1. The molecule has 3 heterocycles. The Bertz CT molecular complexity index is 1040. The summed E-state index contributed by atoms with van der Waals surface area (Å²) in [7, 11) is 3.90. The number of hydrogen-bond acceptors (Lipinski definition) is 6. The summed E-state index contributed by atoms with van der Waals surface area (Å²) in [4.78, 5) is 19.7. The number of nitrogens with one attached hydrogen (secondary N) is 1. The van der Waals surface area contributed by atoms with Crippen molar-refractivity contribution in [2.75, 3.05) is 45.7 Å². The highest BCUT2D eigenvalue weighted by Crippen LogP contribution is 2.44. The van der Waals surface area contributed by atoms with E-state index in [9.17, 15) is 4.79 Å². The van der Waals surface area contributed by atoms with Crippen LogP contribution in [0.2, 0.25) is 0 Å². The van der Waals surface area contributed by atoms with Gasteiger partial charge in [-0.05, 0) is 44.0 Å². The first-order valence-corrected chi connectivity index (χ1v) is 12.2. The van der Waals surface area contributed by atoms with Crippen molar-refractivity contribution in [1.29, 1.82) is 0 Å². The Morgan fingerprint density at radius 1 is 1.10 bits per heavy atom. The van der Waals surface area contributed by atoms with Crippen LogP contribution in [0.25, 0.3) is 0 Å². The van der Waals surface area contributed by atoms with Crippen LogP contribution in [0.5, 0.6) is 5.75 Å². The summed E-state index contributed by atoms with van der Waals surface area (Å²) in [6.07, 6.45) is 0. The van der Waals surface area contributed by atoms with E-state index in [1.54, 1.807) is 18.4 Å². The monoisotopic (exact) mass is 455 g/mol. The number of amides is 1. The van der Waals surface area contributed by atoms with Crippen LogP contribution in [0.15, 0.2) is 41.8 Å². The van der Waals surface area contributed by atoms with Gasteiger partial charge in [0.2, 0.25) is 0 Å². The molecule has 2 aromatic heterocycles. The number of methoxy groups -OCH3 is 1. The number of carbonyl (C=O) groups is 1. The molecular weight excluding hydrogens is 426 g/mol. The van der Waals surface area contributed by atoms with Crippen LogP contribution in [0.1, 0.15) is 37.3 Å². The standard InChI is InChI=1S/C24H29N3O2S2/c1-16-17(2)31-24(25-23(28)20-10-7-15-30-20)21(16)22(27-13-11-26(3)12-14-27)18-8-5-6-9-19(18)29-4/h5-10,15,22H,11-14H2,1-4H3,(H,25,28)/t22-/m0/s1. The van der Waals surface area contributed by atoms with Crippen molar-refractivity contribution in [1.82, 2.24) is 9.80 Å². The molecule has 0 radical (unpaired) electrons. The van der Waals surface area contributed by atoms with E-state index in [0.29, 0.717) is 0 Å². The molecule has 1 fully saturated rings. The highest BCUT2D eigenvalue weighted by atomic mass is 32.1. The van der Waals surface area contributed by atoms with Crippen LogP contribution in [-0.4, -0.2) is 56.0 Å². The van der Waals surface area contributed by atoms with Gasteiger partial charge < -0.3 is 15.0 Å². The molecule has 1 amide bonds. The molecule has 1 aliphatic heterocycles. The van der Waals surface area contributed by atoms with Gasteiger partial charge in [-0.2, -0.15) is 0 Å². The van der Waals surface area contributed by atoms with Crippen molar-refractivity contribution >= 4 is 33.6 Å². The van der Waals surface area contributed by atoms with Crippen molar-refractivity contribution < 1.29 is 9.53 Å². The molecule has 0 spiro atoms. The van der Waals surface area contributed by atoms with E-state index in [0.717, 1.165) is 47.4 Å². The number of benzene rings is 1. The van der Waals surface area contributed by atoms with Gasteiger partial charge in [0.15, 0.2) is 0 Å². The summed E-state index contributed by atoms with van der Waals surface area (Å²) >= 11 is 3.13. The molecule has 1 aromatic carbocycles. The first-order valence-electron chi connectivity index (χ1n) is 10.5. The molecule has 0 aliphatic carbocycles.